The zero-order valence-corrected chi connectivity index (χ0v) is 16.9. The largest absolute Gasteiger partial charge is 0.444 e. The second-order valence-corrected chi connectivity index (χ2v) is 7.72. The number of nitrogens with one attached hydrogen (secondary N) is 2. The number of amides is 1. The monoisotopic (exact) mass is 355 g/mol. The smallest absolute Gasteiger partial charge is 0.410 e. The standard InChI is InChI=1S/C18H37N5O2/c1-7-19-16(21-15(2)3)20-9-8-10-22-11-13-23(14-12-22)17(24)25-18(4,5)6/h15H,7-14H2,1-6H3,(H2,19,20,21). The molecule has 2 N–H and O–H groups in total. The average molecular weight is 356 g/mol. The van der Waals surface area contributed by atoms with Crippen LogP contribution in [0, 0.1) is 0 Å². The SMILES string of the molecule is CCNC(=NCCCN1CCN(C(=O)OC(C)(C)C)CC1)NC(C)C. The number of rotatable bonds is 6. The van der Waals surface area contributed by atoms with Gasteiger partial charge in [-0.3, -0.25) is 9.89 Å². The third kappa shape index (κ3) is 9.53. The van der Waals surface area contributed by atoms with Crippen molar-refractivity contribution in [3.63, 3.8) is 0 Å². The molecular formula is C18H37N5O2. The fourth-order valence-electron chi connectivity index (χ4n) is 2.56. The summed E-state index contributed by atoms with van der Waals surface area (Å²) in [5.74, 6) is 0.882. The molecule has 0 unspecified atom stereocenters. The Labute approximate surface area is 153 Å². The highest BCUT2D eigenvalue weighted by molar-refractivity contribution is 5.79. The first-order chi connectivity index (χ1) is 11.7. The Balaban J connectivity index is 2.27. The number of carbonyl (C=O) groups is 1. The molecule has 0 radical (unpaired) electrons. The summed E-state index contributed by atoms with van der Waals surface area (Å²) < 4.78 is 5.43. The van der Waals surface area contributed by atoms with E-state index in [1.807, 2.05) is 20.8 Å². The van der Waals surface area contributed by atoms with Gasteiger partial charge in [0.15, 0.2) is 5.96 Å². The molecule has 1 saturated heterocycles. The summed E-state index contributed by atoms with van der Waals surface area (Å²) in [5, 5.41) is 6.58. The van der Waals surface area contributed by atoms with Crippen molar-refractivity contribution in [3.05, 3.63) is 0 Å². The van der Waals surface area contributed by atoms with Gasteiger partial charge >= 0.3 is 6.09 Å². The van der Waals surface area contributed by atoms with Crippen LogP contribution in [0.4, 0.5) is 4.79 Å². The molecule has 1 rings (SSSR count). The first-order valence-electron chi connectivity index (χ1n) is 9.46. The number of guanidine groups is 1. The maximum absolute atomic E-state index is 12.1. The van der Waals surface area contributed by atoms with E-state index in [4.69, 9.17) is 4.74 Å². The van der Waals surface area contributed by atoms with E-state index in [-0.39, 0.29) is 6.09 Å². The van der Waals surface area contributed by atoms with Crippen molar-refractivity contribution >= 4 is 12.1 Å². The molecule has 0 atom stereocenters. The lowest BCUT2D eigenvalue weighted by molar-refractivity contribution is 0.0145. The molecule has 0 aromatic carbocycles. The van der Waals surface area contributed by atoms with E-state index in [2.05, 4.69) is 41.3 Å². The number of aliphatic imine (C=N–C) groups is 1. The Morgan fingerprint density at radius 3 is 2.36 bits per heavy atom. The maximum atomic E-state index is 12.1. The molecule has 0 aromatic rings. The van der Waals surface area contributed by atoms with E-state index >= 15 is 0 Å². The molecule has 1 amide bonds. The van der Waals surface area contributed by atoms with Gasteiger partial charge in [0, 0.05) is 51.9 Å². The molecule has 0 bridgehead atoms. The minimum atomic E-state index is -0.430. The Morgan fingerprint density at radius 2 is 1.84 bits per heavy atom. The highest BCUT2D eigenvalue weighted by atomic mass is 16.6. The van der Waals surface area contributed by atoms with Crippen LogP contribution in [-0.2, 0) is 4.74 Å². The molecule has 1 heterocycles. The molecule has 1 fully saturated rings. The van der Waals surface area contributed by atoms with Crippen molar-refractivity contribution < 1.29 is 9.53 Å². The lowest BCUT2D eigenvalue weighted by Crippen LogP contribution is -2.50. The van der Waals surface area contributed by atoms with Crippen LogP contribution >= 0.6 is 0 Å². The fourth-order valence-corrected chi connectivity index (χ4v) is 2.56. The maximum Gasteiger partial charge on any atom is 0.410 e. The van der Waals surface area contributed by atoms with Crippen molar-refractivity contribution in [1.29, 1.82) is 0 Å². The summed E-state index contributed by atoms with van der Waals surface area (Å²) in [6.45, 7) is 17.9. The van der Waals surface area contributed by atoms with Gasteiger partial charge in [-0.05, 0) is 48.0 Å². The summed E-state index contributed by atoms with van der Waals surface area (Å²) in [5.41, 5.74) is -0.430. The van der Waals surface area contributed by atoms with Gasteiger partial charge in [0.1, 0.15) is 5.60 Å². The highest BCUT2D eigenvalue weighted by Crippen LogP contribution is 2.11. The summed E-state index contributed by atoms with van der Waals surface area (Å²) in [6, 6.07) is 0.374. The minimum absolute atomic E-state index is 0.202. The molecule has 0 spiro atoms. The van der Waals surface area contributed by atoms with Crippen molar-refractivity contribution in [3.8, 4) is 0 Å². The van der Waals surface area contributed by atoms with Gasteiger partial charge in [0.05, 0.1) is 0 Å². The Hall–Kier alpha value is -1.50. The third-order valence-electron chi connectivity index (χ3n) is 3.70. The molecule has 0 aliphatic carbocycles. The van der Waals surface area contributed by atoms with Crippen LogP contribution in [0.5, 0.6) is 0 Å². The van der Waals surface area contributed by atoms with Crippen LogP contribution in [0.2, 0.25) is 0 Å². The van der Waals surface area contributed by atoms with Crippen LogP contribution in [-0.4, -0.2) is 79.3 Å². The van der Waals surface area contributed by atoms with Gasteiger partial charge in [-0.25, -0.2) is 4.79 Å². The van der Waals surface area contributed by atoms with Crippen LogP contribution in [0.15, 0.2) is 4.99 Å². The Morgan fingerprint density at radius 1 is 1.20 bits per heavy atom. The number of piperazine rings is 1. The van der Waals surface area contributed by atoms with E-state index in [9.17, 15) is 4.79 Å². The summed E-state index contributed by atoms with van der Waals surface area (Å²) in [6.07, 6.45) is 0.813. The minimum Gasteiger partial charge on any atom is -0.444 e. The number of ether oxygens (including phenoxy) is 1. The molecular weight excluding hydrogens is 318 g/mol. The molecule has 1 aliphatic rings. The topological polar surface area (TPSA) is 69.2 Å². The van der Waals surface area contributed by atoms with E-state index in [1.54, 1.807) is 4.90 Å². The molecule has 1 aliphatic heterocycles. The van der Waals surface area contributed by atoms with Gasteiger partial charge in [-0.2, -0.15) is 0 Å². The normalized spacial score (nSPS) is 16.9. The average Bonchev–Trinajstić information content (AvgIpc) is 2.50. The number of hydrogen-bond donors (Lipinski definition) is 2. The second kappa shape index (κ2) is 10.5. The second-order valence-electron chi connectivity index (χ2n) is 7.72. The van der Waals surface area contributed by atoms with Gasteiger partial charge in [-0.1, -0.05) is 0 Å². The predicted octanol–water partition coefficient (Wildman–Crippen LogP) is 1.89. The lowest BCUT2D eigenvalue weighted by Gasteiger charge is -2.35. The Kier molecular flexibility index (Phi) is 9.03. The predicted molar refractivity (Wildman–Crippen MR) is 103 cm³/mol. The fraction of sp³-hybridized carbons (Fsp3) is 0.889. The van der Waals surface area contributed by atoms with E-state index in [0.29, 0.717) is 6.04 Å². The van der Waals surface area contributed by atoms with Crippen molar-refractivity contribution in [2.75, 3.05) is 45.8 Å². The first kappa shape index (κ1) is 21.5. The molecule has 7 nitrogen and oxygen atoms in total. The zero-order chi connectivity index (χ0) is 18.9. The third-order valence-corrected chi connectivity index (χ3v) is 3.70. The number of nitrogens with zero attached hydrogens (tertiary/aromatic N) is 3. The van der Waals surface area contributed by atoms with Crippen molar-refractivity contribution in [2.45, 2.75) is 59.6 Å². The quantitative estimate of drug-likeness (QED) is 0.433. The van der Waals surface area contributed by atoms with Gasteiger partial charge in [-0.15, -0.1) is 0 Å². The van der Waals surface area contributed by atoms with E-state index in [1.165, 1.54) is 0 Å². The van der Waals surface area contributed by atoms with Crippen molar-refractivity contribution in [1.82, 2.24) is 20.4 Å². The highest BCUT2D eigenvalue weighted by Gasteiger charge is 2.25. The first-order valence-corrected chi connectivity index (χ1v) is 9.46. The lowest BCUT2D eigenvalue weighted by atomic mass is 10.2. The van der Waals surface area contributed by atoms with Crippen LogP contribution in [0.3, 0.4) is 0 Å². The zero-order valence-electron chi connectivity index (χ0n) is 16.9. The van der Waals surface area contributed by atoms with Gasteiger partial charge < -0.3 is 20.3 Å². The number of carbonyl (C=O) groups excluding carboxylic acids is 1. The van der Waals surface area contributed by atoms with E-state index < -0.39 is 5.60 Å². The number of hydrogen-bond acceptors (Lipinski definition) is 4. The molecule has 0 aromatic heterocycles. The van der Waals surface area contributed by atoms with Gasteiger partial charge in [0.25, 0.3) is 0 Å². The summed E-state index contributed by atoms with van der Waals surface area (Å²) in [4.78, 5) is 20.9. The van der Waals surface area contributed by atoms with Crippen LogP contribution < -0.4 is 10.6 Å². The summed E-state index contributed by atoms with van der Waals surface area (Å²) in [7, 11) is 0. The van der Waals surface area contributed by atoms with Crippen molar-refractivity contribution in [2.24, 2.45) is 4.99 Å². The van der Waals surface area contributed by atoms with Gasteiger partial charge in [0.2, 0.25) is 0 Å². The molecule has 25 heavy (non-hydrogen) atoms. The van der Waals surface area contributed by atoms with Crippen LogP contribution in [0.1, 0.15) is 48.0 Å². The molecule has 7 heteroatoms. The molecule has 0 saturated carbocycles. The Bertz CT molecular complexity index is 424. The summed E-state index contributed by atoms with van der Waals surface area (Å²) >= 11 is 0. The van der Waals surface area contributed by atoms with E-state index in [0.717, 1.165) is 58.2 Å². The molecule has 146 valence electrons. The van der Waals surface area contributed by atoms with Crippen LogP contribution in [0.25, 0.3) is 0 Å².